The summed E-state index contributed by atoms with van der Waals surface area (Å²) < 4.78 is 3.29. The molecule has 1 aliphatic heterocycles. The molecule has 6 heteroatoms. The van der Waals surface area contributed by atoms with Gasteiger partial charge in [0.25, 0.3) is 0 Å². The number of imidazole rings is 1. The molecule has 1 aliphatic rings. The molecule has 1 N–H and O–H groups in total. The van der Waals surface area contributed by atoms with Gasteiger partial charge in [-0.3, -0.25) is 14.3 Å². The van der Waals surface area contributed by atoms with Crippen LogP contribution in [0.5, 0.6) is 0 Å². The molecule has 5 rings (SSSR count). The highest BCUT2D eigenvalue weighted by Gasteiger charge is 2.27. The first-order valence-electron chi connectivity index (χ1n) is 11.8. The SMILES string of the molecule is Cc1ccc(NC(=O)[C@@H]2CCCN(Cc3nc4ccccc4n3-c3ccc(Br)cc3)C2)cc1C. The molecule has 4 aromatic rings. The van der Waals surface area contributed by atoms with Crippen LogP contribution in [0, 0.1) is 19.8 Å². The molecule has 1 fully saturated rings. The van der Waals surface area contributed by atoms with Gasteiger partial charge in [0, 0.05) is 22.4 Å². The van der Waals surface area contributed by atoms with Gasteiger partial charge in [0.1, 0.15) is 5.82 Å². The Hall–Kier alpha value is -2.96. The van der Waals surface area contributed by atoms with E-state index in [4.69, 9.17) is 4.98 Å². The lowest BCUT2D eigenvalue weighted by atomic mass is 9.97. The number of para-hydroxylation sites is 2. The Balaban J connectivity index is 1.35. The van der Waals surface area contributed by atoms with Gasteiger partial charge >= 0.3 is 0 Å². The number of hydrogen-bond acceptors (Lipinski definition) is 3. The maximum atomic E-state index is 13.1. The Bertz CT molecular complexity index is 1330. The standard InChI is InChI=1S/C28H29BrN4O/c1-19-9-12-23(16-20(19)2)30-28(34)21-6-5-15-32(17-21)18-27-31-25-7-3-4-8-26(25)33(27)24-13-10-22(29)11-14-24/h3-4,7-14,16,21H,5-6,15,17-18H2,1-2H3,(H,30,34)/t21-/m1/s1. The highest BCUT2D eigenvalue weighted by Crippen LogP contribution is 2.26. The van der Waals surface area contributed by atoms with Crippen LogP contribution in [-0.2, 0) is 11.3 Å². The number of carbonyl (C=O) groups excluding carboxylic acids is 1. The number of halogens is 1. The highest BCUT2D eigenvalue weighted by molar-refractivity contribution is 9.10. The fourth-order valence-corrected chi connectivity index (χ4v) is 5.00. The number of nitrogens with zero attached hydrogens (tertiary/aromatic N) is 3. The zero-order valence-electron chi connectivity index (χ0n) is 19.6. The summed E-state index contributed by atoms with van der Waals surface area (Å²) in [6, 6.07) is 22.7. The van der Waals surface area contributed by atoms with Crippen LogP contribution in [-0.4, -0.2) is 33.4 Å². The first-order valence-corrected chi connectivity index (χ1v) is 12.6. The van der Waals surface area contributed by atoms with Crippen molar-refractivity contribution in [1.82, 2.24) is 14.5 Å². The number of piperidine rings is 1. The molecule has 0 bridgehead atoms. The van der Waals surface area contributed by atoms with Crippen molar-refractivity contribution >= 4 is 38.6 Å². The lowest BCUT2D eigenvalue weighted by molar-refractivity contribution is -0.121. The van der Waals surface area contributed by atoms with Gasteiger partial charge < -0.3 is 5.32 Å². The molecule has 174 valence electrons. The third-order valence-electron chi connectivity index (χ3n) is 6.73. The van der Waals surface area contributed by atoms with Crippen LogP contribution in [0.2, 0.25) is 0 Å². The average molecular weight is 517 g/mol. The summed E-state index contributed by atoms with van der Waals surface area (Å²) in [5.41, 5.74) is 6.47. The Morgan fingerprint density at radius 3 is 2.65 bits per heavy atom. The second kappa shape index (κ2) is 9.72. The molecule has 1 saturated heterocycles. The lowest BCUT2D eigenvalue weighted by Crippen LogP contribution is -2.40. The predicted octanol–water partition coefficient (Wildman–Crippen LogP) is 6.26. The quantitative estimate of drug-likeness (QED) is 0.340. The van der Waals surface area contributed by atoms with Gasteiger partial charge in [-0.1, -0.05) is 34.1 Å². The summed E-state index contributed by atoms with van der Waals surface area (Å²) in [5, 5.41) is 3.14. The number of nitrogens with one attached hydrogen (secondary N) is 1. The molecule has 5 nitrogen and oxygen atoms in total. The number of rotatable bonds is 5. The largest absolute Gasteiger partial charge is 0.326 e. The number of carbonyl (C=O) groups is 1. The van der Waals surface area contributed by atoms with Crippen molar-refractivity contribution < 1.29 is 4.79 Å². The van der Waals surface area contributed by atoms with Gasteiger partial charge in [-0.25, -0.2) is 4.98 Å². The third-order valence-corrected chi connectivity index (χ3v) is 7.26. The van der Waals surface area contributed by atoms with E-state index in [1.54, 1.807) is 0 Å². The highest BCUT2D eigenvalue weighted by atomic mass is 79.9. The summed E-state index contributed by atoms with van der Waals surface area (Å²) in [6.45, 7) is 6.57. The minimum absolute atomic E-state index is 0.0270. The second-order valence-electron chi connectivity index (χ2n) is 9.19. The summed E-state index contributed by atoms with van der Waals surface area (Å²) in [5.74, 6) is 1.08. The Kier molecular flexibility index (Phi) is 6.53. The van der Waals surface area contributed by atoms with Gasteiger partial charge in [0.2, 0.25) is 5.91 Å². The first kappa shape index (κ1) is 22.8. The molecule has 0 aliphatic carbocycles. The molecule has 1 atom stereocenters. The van der Waals surface area contributed by atoms with E-state index in [2.05, 4.69) is 99.2 Å². The topological polar surface area (TPSA) is 50.2 Å². The van der Waals surface area contributed by atoms with Crippen molar-refractivity contribution in [2.24, 2.45) is 5.92 Å². The van der Waals surface area contributed by atoms with E-state index in [1.807, 2.05) is 12.1 Å². The molecule has 1 aromatic heterocycles. The van der Waals surface area contributed by atoms with E-state index in [0.29, 0.717) is 6.54 Å². The van der Waals surface area contributed by atoms with Gasteiger partial charge in [0.05, 0.1) is 23.5 Å². The number of fused-ring (bicyclic) bond motifs is 1. The Morgan fingerprint density at radius 2 is 1.85 bits per heavy atom. The molecule has 0 spiro atoms. The fourth-order valence-electron chi connectivity index (χ4n) is 4.74. The van der Waals surface area contributed by atoms with Crippen LogP contribution in [0.25, 0.3) is 16.7 Å². The molecule has 1 amide bonds. The molecule has 2 heterocycles. The van der Waals surface area contributed by atoms with Crippen LogP contribution in [0.3, 0.4) is 0 Å². The third kappa shape index (κ3) is 4.79. The number of anilines is 1. The average Bonchev–Trinajstić information content (AvgIpc) is 3.20. The molecular formula is C28H29BrN4O. The van der Waals surface area contributed by atoms with Crippen molar-refractivity contribution in [2.75, 3.05) is 18.4 Å². The molecule has 0 saturated carbocycles. The fraction of sp³-hybridized carbons (Fsp3) is 0.286. The van der Waals surface area contributed by atoms with Crippen LogP contribution < -0.4 is 5.32 Å². The first-order chi connectivity index (χ1) is 16.5. The maximum absolute atomic E-state index is 13.1. The maximum Gasteiger partial charge on any atom is 0.228 e. The molecule has 34 heavy (non-hydrogen) atoms. The number of likely N-dealkylation sites (tertiary alicyclic amines) is 1. The summed E-state index contributed by atoms with van der Waals surface area (Å²) in [4.78, 5) is 20.4. The number of amides is 1. The molecule has 3 aromatic carbocycles. The van der Waals surface area contributed by atoms with Crippen molar-refractivity contribution in [3.8, 4) is 5.69 Å². The minimum Gasteiger partial charge on any atom is -0.326 e. The van der Waals surface area contributed by atoms with Gasteiger partial charge in [-0.2, -0.15) is 0 Å². The van der Waals surface area contributed by atoms with E-state index >= 15 is 0 Å². The van der Waals surface area contributed by atoms with E-state index in [1.165, 1.54) is 11.1 Å². The number of aryl methyl sites for hydroxylation is 2. The normalized spacial score (nSPS) is 16.6. The molecule has 0 radical (unpaired) electrons. The predicted molar refractivity (Wildman–Crippen MR) is 141 cm³/mol. The minimum atomic E-state index is -0.0270. The van der Waals surface area contributed by atoms with Crippen LogP contribution in [0.15, 0.2) is 71.2 Å². The lowest BCUT2D eigenvalue weighted by Gasteiger charge is -2.31. The summed E-state index contributed by atoms with van der Waals surface area (Å²) >= 11 is 3.54. The van der Waals surface area contributed by atoms with Crippen LogP contribution >= 0.6 is 15.9 Å². The zero-order chi connectivity index (χ0) is 23.7. The van der Waals surface area contributed by atoms with E-state index in [0.717, 1.165) is 58.6 Å². The second-order valence-corrected chi connectivity index (χ2v) is 10.1. The van der Waals surface area contributed by atoms with Crippen molar-refractivity contribution in [2.45, 2.75) is 33.2 Å². The van der Waals surface area contributed by atoms with Gasteiger partial charge in [0.15, 0.2) is 0 Å². The van der Waals surface area contributed by atoms with Crippen LogP contribution in [0.1, 0.15) is 29.8 Å². The zero-order valence-corrected chi connectivity index (χ0v) is 21.2. The molecular weight excluding hydrogens is 488 g/mol. The van der Waals surface area contributed by atoms with E-state index < -0.39 is 0 Å². The van der Waals surface area contributed by atoms with Gasteiger partial charge in [-0.15, -0.1) is 0 Å². The van der Waals surface area contributed by atoms with Crippen molar-refractivity contribution in [1.29, 1.82) is 0 Å². The summed E-state index contributed by atoms with van der Waals surface area (Å²) in [7, 11) is 0. The molecule has 0 unspecified atom stereocenters. The van der Waals surface area contributed by atoms with Crippen molar-refractivity contribution in [3.63, 3.8) is 0 Å². The van der Waals surface area contributed by atoms with Gasteiger partial charge in [-0.05, 0) is 92.9 Å². The Morgan fingerprint density at radius 1 is 1.06 bits per heavy atom. The van der Waals surface area contributed by atoms with E-state index in [9.17, 15) is 4.79 Å². The monoisotopic (exact) mass is 516 g/mol. The number of aromatic nitrogens is 2. The van der Waals surface area contributed by atoms with Crippen LogP contribution in [0.4, 0.5) is 5.69 Å². The number of hydrogen-bond donors (Lipinski definition) is 1. The number of benzene rings is 3. The summed E-state index contributed by atoms with van der Waals surface area (Å²) in [6.07, 6.45) is 1.92. The van der Waals surface area contributed by atoms with E-state index in [-0.39, 0.29) is 11.8 Å². The smallest absolute Gasteiger partial charge is 0.228 e. The Labute approximate surface area is 208 Å². The van der Waals surface area contributed by atoms with Crippen molar-refractivity contribution in [3.05, 3.63) is 88.2 Å².